The van der Waals surface area contributed by atoms with Crippen molar-refractivity contribution in [2.75, 3.05) is 26.3 Å². The minimum Gasteiger partial charge on any atom is -0.379 e. The molecule has 1 saturated carbocycles. The van der Waals surface area contributed by atoms with Gasteiger partial charge in [0.25, 0.3) is 5.91 Å². The van der Waals surface area contributed by atoms with Gasteiger partial charge in [-0.15, -0.1) is 0 Å². The standard InChI is InChI=1S/C26H29ClN4O2/c1-18-5-8-22(14-24(18)27)31-25(21-6-7-21)23(16-29-31)26(32)28-15-19-3-2-4-20(13-19)17-30-9-11-33-12-10-30/h2-5,8,13-14,16,21H,6-7,9-12,15,17H2,1H3,(H,28,32). The maximum absolute atomic E-state index is 13.1. The molecule has 0 spiro atoms. The van der Waals surface area contributed by atoms with Crippen molar-refractivity contribution in [1.82, 2.24) is 20.0 Å². The van der Waals surface area contributed by atoms with E-state index < -0.39 is 0 Å². The molecule has 1 amide bonds. The summed E-state index contributed by atoms with van der Waals surface area (Å²) in [5.74, 6) is 0.283. The van der Waals surface area contributed by atoms with Crippen molar-refractivity contribution in [3.8, 4) is 5.69 Å². The van der Waals surface area contributed by atoms with Crippen LogP contribution < -0.4 is 5.32 Å². The fourth-order valence-electron chi connectivity index (χ4n) is 4.33. The van der Waals surface area contributed by atoms with Crippen molar-refractivity contribution in [3.63, 3.8) is 0 Å². The molecule has 1 saturated heterocycles. The number of nitrogens with one attached hydrogen (secondary N) is 1. The van der Waals surface area contributed by atoms with Crippen molar-refractivity contribution in [3.05, 3.63) is 81.6 Å². The molecule has 172 valence electrons. The Balaban J connectivity index is 1.29. The highest BCUT2D eigenvalue weighted by molar-refractivity contribution is 6.31. The number of carbonyl (C=O) groups excluding carboxylic acids is 1. The van der Waals surface area contributed by atoms with Crippen LogP contribution in [0.3, 0.4) is 0 Å². The highest BCUT2D eigenvalue weighted by Crippen LogP contribution is 2.42. The van der Waals surface area contributed by atoms with Gasteiger partial charge in [0.15, 0.2) is 0 Å². The Morgan fingerprint density at radius 1 is 1.15 bits per heavy atom. The predicted molar refractivity (Wildman–Crippen MR) is 129 cm³/mol. The molecule has 0 radical (unpaired) electrons. The number of hydrogen-bond acceptors (Lipinski definition) is 4. The summed E-state index contributed by atoms with van der Waals surface area (Å²) < 4.78 is 7.31. The lowest BCUT2D eigenvalue weighted by Crippen LogP contribution is -2.35. The van der Waals surface area contributed by atoms with Gasteiger partial charge in [-0.2, -0.15) is 5.10 Å². The number of morpholine rings is 1. The van der Waals surface area contributed by atoms with Gasteiger partial charge in [0, 0.05) is 37.1 Å². The third kappa shape index (κ3) is 5.13. The number of hydrogen-bond donors (Lipinski definition) is 1. The van der Waals surface area contributed by atoms with Gasteiger partial charge in [-0.05, 0) is 48.6 Å². The van der Waals surface area contributed by atoms with Crippen LogP contribution in [0.5, 0.6) is 0 Å². The normalized spacial score (nSPS) is 16.7. The zero-order valence-electron chi connectivity index (χ0n) is 18.9. The molecule has 1 aliphatic heterocycles. The van der Waals surface area contributed by atoms with E-state index in [-0.39, 0.29) is 5.91 Å². The van der Waals surface area contributed by atoms with Crippen molar-refractivity contribution in [1.29, 1.82) is 0 Å². The van der Waals surface area contributed by atoms with Crippen LogP contribution in [0.2, 0.25) is 5.02 Å². The molecule has 5 rings (SSSR count). The second-order valence-electron chi connectivity index (χ2n) is 8.95. The van der Waals surface area contributed by atoms with Crippen molar-refractivity contribution >= 4 is 17.5 Å². The second kappa shape index (κ2) is 9.67. The van der Waals surface area contributed by atoms with E-state index in [9.17, 15) is 4.79 Å². The number of ether oxygens (including phenoxy) is 1. The summed E-state index contributed by atoms with van der Waals surface area (Å²) in [5.41, 5.74) is 5.90. The Bertz CT molecular complexity index is 1150. The number of amides is 1. The summed E-state index contributed by atoms with van der Waals surface area (Å²) in [4.78, 5) is 15.5. The Morgan fingerprint density at radius 2 is 1.94 bits per heavy atom. The lowest BCUT2D eigenvalue weighted by Gasteiger charge is -2.26. The summed E-state index contributed by atoms with van der Waals surface area (Å²) in [5, 5.41) is 8.36. The van der Waals surface area contributed by atoms with Crippen molar-refractivity contribution < 1.29 is 9.53 Å². The molecule has 2 aromatic carbocycles. The summed E-state index contributed by atoms with van der Waals surface area (Å²) >= 11 is 6.34. The lowest BCUT2D eigenvalue weighted by atomic mass is 10.1. The largest absolute Gasteiger partial charge is 0.379 e. The Hall–Kier alpha value is -2.67. The predicted octanol–water partition coefficient (Wildman–Crippen LogP) is 4.47. The SMILES string of the molecule is Cc1ccc(-n2ncc(C(=O)NCc3cccc(CN4CCOCC4)c3)c2C2CC2)cc1Cl. The van der Waals surface area contributed by atoms with E-state index in [1.165, 1.54) is 5.56 Å². The maximum atomic E-state index is 13.1. The number of aryl methyl sites for hydroxylation is 1. The molecule has 0 unspecified atom stereocenters. The average Bonchev–Trinajstić information content (AvgIpc) is 3.58. The van der Waals surface area contributed by atoms with Crippen LogP contribution >= 0.6 is 11.6 Å². The van der Waals surface area contributed by atoms with Gasteiger partial charge >= 0.3 is 0 Å². The molecule has 0 bridgehead atoms. The fourth-order valence-corrected chi connectivity index (χ4v) is 4.51. The summed E-state index contributed by atoms with van der Waals surface area (Å²) in [6, 6.07) is 14.3. The van der Waals surface area contributed by atoms with E-state index in [1.54, 1.807) is 6.20 Å². The molecular formula is C26H29ClN4O2. The number of benzene rings is 2. The third-order valence-corrected chi connectivity index (χ3v) is 6.78. The molecule has 2 aliphatic rings. The van der Waals surface area contributed by atoms with Gasteiger partial charge in [0.05, 0.1) is 36.4 Å². The lowest BCUT2D eigenvalue weighted by molar-refractivity contribution is 0.0342. The topological polar surface area (TPSA) is 59.4 Å². The van der Waals surface area contributed by atoms with Gasteiger partial charge in [-0.1, -0.05) is 41.9 Å². The molecule has 1 aliphatic carbocycles. The molecule has 6 nitrogen and oxygen atoms in total. The van der Waals surface area contributed by atoms with E-state index in [0.29, 0.717) is 23.0 Å². The summed E-state index contributed by atoms with van der Waals surface area (Å²) in [7, 11) is 0. The number of nitrogens with zero attached hydrogens (tertiary/aromatic N) is 3. The van der Waals surface area contributed by atoms with Gasteiger partial charge in [-0.3, -0.25) is 9.69 Å². The van der Waals surface area contributed by atoms with Crippen LogP contribution in [0.1, 0.15) is 51.5 Å². The van der Waals surface area contributed by atoms with Crippen LogP contribution in [0.25, 0.3) is 5.69 Å². The maximum Gasteiger partial charge on any atom is 0.255 e. The zero-order valence-corrected chi connectivity index (χ0v) is 19.6. The number of halogens is 1. The van der Waals surface area contributed by atoms with E-state index in [2.05, 4.69) is 39.6 Å². The first-order chi connectivity index (χ1) is 16.1. The number of rotatable bonds is 7. The number of carbonyl (C=O) groups is 1. The molecule has 2 fully saturated rings. The van der Waals surface area contributed by atoms with Gasteiger partial charge in [-0.25, -0.2) is 4.68 Å². The van der Waals surface area contributed by atoms with Crippen LogP contribution in [0, 0.1) is 6.92 Å². The van der Waals surface area contributed by atoms with Gasteiger partial charge in [0.2, 0.25) is 0 Å². The second-order valence-corrected chi connectivity index (χ2v) is 9.36. The minimum absolute atomic E-state index is 0.0834. The monoisotopic (exact) mass is 464 g/mol. The number of aromatic nitrogens is 2. The van der Waals surface area contributed by atoms with E-state index >= 15 is 0 Å². The third-order valence-electron chi connectivity index (χ3n) is 6.37. The fraction of sp³-hybridized carbons (Fsp3) is 0.385. The summed E-state index contributed by atoms with van der Waals surface area (Å²) in [6.45, 7) is 6.88. The molecule has 1 aromatic heterocycles. The van der Waals surface area contributed by atoms with E-state index in [1.807, 2.05) is 29.8 Å². The van der Waals surface area contributed by atoms with Gasteiger partial charge in [0.1, 0.15) is 0 Å². The van der Waals surface area contributed by atoms with Crippen LogP contribution in [0.15, 0.2) is 48.7 Å². The average molecular weight is 465 g/mol. The van der Waals surface area contributed by atoms with Crippen molar-refractivity contribution in [2.24, 2.45) is 0 Å². The Kier molecular flexibility index (Phi) is 6.49. The summed E-state index contributed by atoms with van der Waals surface area (Å²) in [6.07, 6.45) is 3.84. The first kappa shape index (κ1) is 22.1. The Morgan fingerprint density at radius 3 is 2.70 bits per heavy atom. The molecule has 2 heterocycles. The first-order valence-corrected chi connectivity index (χ1v) is 12.0. The zero-order chi connectivity index (χ0) is 22.8. The Labute approximate surface area is 199 Å². The van der Waals surface area contributed by atoms with Crippen LogP contribution in [-0.2, 0) is 17.8 Å². The molecule has 33 heavy (non-hydrogen) atoms. The van der Waals surface area contributed by atoms with E-state index in [4.69, 9.17) is 16.3 Å². The first-order valence-electron chi connectivity index (χ1n) is 11.6. The smallest absolute Gasteiger partial charge is 0.255 e. The quantitative estimate of drug-likeness (QED) is 0.560. The van der Waals surface area contributed by atoms with E-state index in [0.717, 1.165) is 68.2 Å². The molecule has 0 atom stereocenters. The van der Waals surface area contributed by atoms with Crippen LogP contribution in [-0.4, -0.2) is 46.9 Å². The highest BCUT2D eigenvalue weighted by Gasteiger charge is 2.33. The van der Waals surface area contributed by atoms with Crippen molar-refractivity contribution in [2.45, 2.75) is 38.8 Å². The molecule has 7 heteroatoms. The van der Waals surface area contributed by atoms with Crippen LogP contribution in [0.4, 0.5) is 0 Å². The molecule has 3 aromatic rings. The highest BCUT2D eigenvalue weighted by atomic mass is 35.5. The minimum atomic E-state index is -0.0834. The molecule has 1 N–H and O–H groups in total. The molecular weight excluding hydrogens is 436 g/mol. The van der Waals surface area contributed by atoms with Gasteiger partial charge < -0.3 is 10.1 Å².